The van der Waals surface area contributed by atoms with Crippen LogP contribution in [0.1, 0.15) is 12.0 Å². The molecule has 0 atom stereocenters. The highest BCUT2D eigenvalue weighted by atomic mass is 79.9. The van der Waals surface area contributed by atoms with E-state index in [4.69, 9.17) is 9.47 Å². The van der Waals surface area contributed by atoms with Crippen molar-refractivity contribution in [3.05, 3.63) is 28.2 Å². The van der Waals surface area contributed by atoms with Crippen LogP contribution in [-0.4, -0.2) is 27.4 Å². The number of benzene rings is 1. The SMILES string of the molecule is COCCCNCc1cc(OC)ccc1Br. The van der Waals surface area contributed by atoms with Gasteiger partial charge in [-0.15, -0.1) is 0 Å². The molecule has 0 amide bonds. The van der Waals surface area contributed by atoms with Crippen molar-refractivity contribution < 1.29 is 9.47 Å². The van der Waals surface area contributed by atoms with Crippen LogP contribution in [0.5, 0.6) is 5.75 Å². The van der Waals surface area contributed by atoms with Gasteiger partial charge in [-0.1, -0.05) is 15.9 Å². The van der Waals surface area contributed by atoms with E-state index in [-0.39, 0.29) is 0 Å². The Hall–Kier alpha value is -0.580. The van der Waals surface area contributed by atoms with Crippen LogP contribution in [0.15, 0.2) is 22.7 Å². The lowest BCUT2D eigenvalue weighted by molar-refractivity contribution is 0.194. The first-order valence-electron chi connectivity index (χ1n) is 5.30. The Morgan fingerprint density at radius 2 is 2.12 bits per heavy atom. The summed E-state index contributed by atoms with van der Waals surface area (Å²) in [7, 11) is 3.40. The summed E-state index contributed by atoms with van der Waals surface area (Å²) in [6, 6.07) is 5.98. The maximum absolute atomic E-state index is 5.19. The molecule has 0 bridgehead atoms. The minimum absolute atomic E-state index is 0.798. The summed E-state index contributed by atoms with van der Waals surface area (Å²) >= 11 is 3.52. The summed E-state index contributed by atoms with van der Waals surface area (Å²) in [5.74, 6) is 0.886. The predicted molar refractivity (Wildman–Crippen MR) is 68.9 cm³/mol. The highest BCUT2D eigenvalue weighted by Gasteiger charge is 2.01. The van der Waals surface area contributed by atoms with E-state index >= 15 is 0 Å². The molecule has 1 aromatic rings. The van der Waals surface area contributed by atoms with Crippen molar-refractivity contribution in [3.63, 3.8) is 0 Å². The lowest BCUT2D eigenvalue weighted by atomic mass is 10.2. The quantitative estimate of drug-likeness (QED) is 0.782. The molecule has 0 saturated heterocycles. The van der Waals surface area contributed by atoms with E-state index in [0.717, 1.165) is 36.3 Å². The standard InChI is InChI=1S/C12H18BrNO2/c1-15-7-3-6-14-9-10-8-11(16-2)4-5-12(10)13/h4-5,8,14H,3,6-7,9H2,1-2H3. The molecule has 0 aliphatic rings. The molecule has 0 unspecified atom stereocenters. The second kappa shape index (κ2) is 7.65. The normalized spacial score (nSPS) is 10.4. The van der Waals surface area contributed by atoms with Crippen LogP contribution in [0.25, 0.3) is 0 Å². The van der Waals surface area contributed by atoms with Crippen molar-refractivity contribution in [2.24, 2.45) is 0 Å². The second-order valence-electron chi connectivity index (χ2n) is 3.48. The molecule has 0 saturated carbocycles. The van der Waals surface area contributed by atoms with Crippen molar-refractivity contribution in [2.45, 2.75) is 13.0 Å². The number of rotatable bonds is 7. The van der Waals surface area contributed by atoms with Gasteiger partial charge in [-0.2, -0.15) is 0 Å². The van der Waals surface area contributed by atoms with Crippen LogP contribution in [0.3, 0.4) is 0 Å². The minimum atomic E-state index is 0.798. The number of hydrogen-bond donors (Lipinski definition) is 1. The summed E-state index contributed by atoms with van der Waals surface area (Å²) in [6.07, 6.45) is 1.03. The topological polar surface area (TPSA) is 30.5 Å². The van der Waals surface area contributed by atoms with Gasteiger partial charge in [0.1, 0.15) is 5.75 Å². The van der Waals surface area contributed by atoms with Gasteiger partial charge in [0.25, 0.3) is 0 Å². The van der Waals surface area contributed by atoms with E-state index in [1.807, 2.05) is 18.2 Å². The molecule has 0 spiro atoms. The van der Waals surface area contributed by atoms with Crippen molar-refractivity contribution in [2.75, 3.05) is 27.4 Å². The highest BCUT2D eigenvalue weighted by molar-refractivity contribution is 9.10. The lowest BCUT2D eigenvalue weighted by Gasteiger charge is -2.08. The summed E-state index contributed by atoms with van der Waals surface area (Å²) in [6.45, 7) is 2.59. The molecule has 1 aromatic carbocycles. The molecule has 3 nitrogen and oxygen atoms in total. The van der Waals surface area contributed by atoms with Gasteiger partial charge in [0.2, 0.25) is 0 Å². The van der Waals surface area contributed by atoms with Crippen LogP contribution in [0, 0.1) is 0 Å². The second-order valence-corrected chi connectivity index (χ2v) is 4.33. The number of methoxy groups -OCH3 is 2. The van der Waals surface area contributed by atoms with Gasteiger partial charge in [0.15, 0.2) is 0 Å². The molecule has 0 fully saturated rings. The van der Waals surface area contributed by atoms with Crippen LogP contribution in [-0.2, 0) is 11.3 Å². The van der Waals surface area contributed by atoms with Gasteiger partial charge in [-0.3, -0.25) is 0 Å². The third-order valence-corrected chi connectivity index (χ3v) is 3.04. The van der Waals surface area contributed by atoms with Crippen molar-refractivity contribution in [3.8, 4) is 5.75 Å². The van der Waals surface area contributed by atoms with E-state index in [2.05, 4.69) is 21.2 Å². The van der Waals surface area contributed by atoms with E-state index in [9.17, 15) is 0 Å². The fourth-order valence-corrected chi connectivity index (χ4v) is 1.76. The van der Waals surface area contributed by atoms with Crippen LogP contribution < -0.4 is 10.1 Å². The molecule has 1 rings (SSSR count). The predicted octanol–water partition coefficient (Wildman–Crippen LogP) is 2.58. The molecular formula is C12H18BrNO2. The number of nitrogens with one attached hydrogen (secondary N) is 1. The van der Waals surface area contributed by atoms with Crippen molar-refractivity contribution >= 4 is 15.9 Å². The van der Waals surface area contributed by atoms with Crippen LogP contribution in [0.2, 0.25) is 0 Å². The molecular weight excluding hydrogens is 270 g/mol. The Bertz CT molecular complexity index is 318. The molecule has 16 heavy (non-hydrogen) atoms. The zero-order valence-electron chi connectivity index (χ0n) is 9.75. The van der Waals surface area contributed by atoms with Gasteiger partial charge < -0.3 is 14.8 Å². The lowest BCUT2D eigenvalue weighted by Crippen LogP contribution is -2.16. The summed E-state index contributed by atoms with van der Waals surface area (Å²) in [4.78, 5) is 0. The Kier molecular flexibility index (Phi) is 6.45. The molecule has 0 aromatic heterocycles. The Labute approximate surface area is 105 Å². The zero-order valence-corrected chi connectivity index (χ0v) is 11.3. The molecule has 4 heteroatoms. The van der Waals surface area contributed by atoms with Gasteiger partial charge in [-0.05, 0) is 36.7 Å². The Morgan fingerprint density at radius 1 is 1.31 bits per heavy atom. The zero-order chi connectivity index (χ0) is 11.8. The average molecular weight is 288 g/mol. The van der Waals surface area contributed by atoms with Crippen LogP contribution >= 0.6 is 15.9 Å². The third-order valence-electron chi connectivity index (χ3n) is 2.27. The minimum Gasteiger partial charge on any atom is -0.497 e. The Morgan fingerprint density at radius 3 is 2.81 bits per heavy atom. The molecule has 0 aliphatic carbocycles. The van der Waals surface area contributed by atoms with Crippen LogP contribution in [0.4, 0.5) is 0 Å². The molecule has 1 N–H and O–H groups in total. The molecule has 0 radical (unpaired) electrons. The molecule has 90 valence electrons. The van der Waals surface area contributed by atoms with E-state index in [1.54, 1.807) is 14.2 Å². The third kappa shape index (κ3) is 4.51. The van der Waals surface area contributed by atoms with Gasteiger partial charge >= 0.3 is 0 Å². The monoisotopic (exact) mass is 287 g/mol. The van der Waals surface area contributed by atoms with E-state index < -0.39 is 0 Å². The van der Waals surface area contributed by atoms with Crippen molar-refractivity contribution in [1.29, 1.82) is 0 Å². The fraction of sp³-hybridized carbons (Fsp3) is 0.500. The maximum Gasteiger partial charge on any atom is 0.119 e. The molecule has 0 heterocycles. The number of halogens is 1. The average Bonchev–Trinajstić information content (AvgIpc) is 2.31. The van der Waals surface area contributed by atoms with Gasteiger partial charge in [0.05, 0.1) is 7.11 Å². The Balaban J connectivity index is 2.40. The van der Waals surface area contributed by atoms with E-state index in [0.29, 0.717) is 0 Å². The molecule has 0 aliphatic heterocycles. The number of hydrogen-bond acceptors (Lipinski definition) is 3. The smallest absolute Gasteiger partial charge is 0.119 e. The number of ether oxygens (including phenoxy) is 2. The first-order valence-corrected chi connectivity index (χ1v) is 6.09. The first kappa shape index (κ1) is 13.5. The summed E-state index contributed by atoms with van der Waals surface area (Å²) in [5.41, 5.74) is 1.21. The highest BCUT2D eigenvalue weighted by Crippen LogP contribution is 2.22. The maximum atomic E-state index is 5.19. The largest absolute Gasteiger partial charge is 0.497 e. The fourth-order valence-electron chi connectivity index (χ4n) is 1.38. The summed E-state index contributed by atoms with van der Waals surface area (Å²) < 4.78 is 11.3. The summed E-state index contributed by atoms with van der Waals surface area (Å²) in [5, 5.41) is 3.36. The van der Waals surface area contributed by atoms with Crippen molar-refractivity contribution in [1.82, 2.24) is 5.32 Å². The van der Waals surface area contributed by atoms with E-state index in [1.165, 1.54) is 5.56 Å². The van der Waals surface area contributed by atoms with Gasteiger partial charge in [0, 0.05) is 24.7 Å². The van der Waals surface area contributed by atoms with Gasteiger partial charge in [-0.25, -0.2) is 0 Å². The first-order chi connectivity index (χ1) is 7.77.